The van der Waals surface area contributed by atoms with Gasteiger partial charge in [-0.15, -0.1) is 0 Å². The quantitative estimate of drug-likeness (QED) is 0.422. The van der Waals surface area contributed by atoms with Gasteiger partial charge in [0, 0.05) is 45.7 Å². The first-order chi connectivity index (χ1) is 10.2. The van der Waals surface area contributed by atoms with Crippen LogP contribution in [-0.4, -0.2) is 85.8 Å². The maximum atomic E-state index is 11.8. The summed E-state index contributed by atoms with van der Waals surface area (Å²) in [6, 6.07) is 0. The predicted molar refractivity (Wildman–Crippen MR) is 78.8 cm³/mol. The van der Waals surface area contributed by atoms with Crippen LogP contribution in [0.4, 0.5) is 0 Å². The van der Waals surface area contributed by atoms with E-state index in [4.69, 9.17) is 9.84 Å². The molecule has 0 radical (unpaired) electrons. The van der Waals surface area contributed by atoms with Crippen molar-refractivity contribution >= 4 is 11.9 Å². The minimum Gasteiger partial charge on any atom is -0.466 e. The van der Waals surface area contributed by atoms with E-state index in [1.807, 2.05) is 0 Å². The second-order valence-electron chi connectivity index (χ2n) is 5.10. The summed E-state index contributed by atoms with van der Waals surface area (Å²) in [5.74, 6) is -0.221. The number of carbonyl (C=O) groups excluding carboxylic acids is 2. The summed E-state index contributed by atoms with van der Waals surface area (Å²) in [4.78, 5) is 27.2. The molecule has 0 bridgehead atoms. The third-order valence-electron chi connectivity index (χ3n) is 3.43. The van der Waals surface area contributed by atoms with Crippen LogP contribution in [0.25, 0.3) is 0 Å². The van der Waals surface area contributed by atoms with Crippen LogP contribution >= 0.6 is 0 Å². The molecule has 0 aromatic heterocycles. The second kappa shape index (κ2) is 10.5. The summed E-state index contributed by atoms with van der Waals surface area (Å²) < 4.78 is 4.82. The van der Waals surface area contributed by atoms with E-state index >= 15 is 0 Å². The smallest absolute Gasteiger partial charge is 0.305 e. The molecule has 7 nitrogen and oxygen atoms in total. The first kappa shape index (κ1) is 17.9. The molecule has 1 saturated heterocycles. The zero-order valence-corrected chi connectivity index (χ0v) is 12.8. The Kier molecular flexibility index (Phi) is 8.96. The van der Waals surface area contributed by atoms with Crippen LogP contribution in [0.2, 0.25) is 0 Å². The average Bonchev–Trinajstić information content (AvgIpc) is 2.46. The number of piperazine rings is 1. The van der Waals surface area contributed by atoms with Gasteiger partial charge >= 0.3 is 5.97 Å². The van der Waals surface area contributed by atoms with E-state index in [2.05, 4.69) is 15.1 Å². The second-order valence-corrected chi connectivity index (χ2v) is 5.10. The van der Waals surface area contributed by atoms with Crippen LogP contribution in [0.3, 0.4) is 0 Å². The normalized spacial score (nSPS) is 16.7. The molecule has 0 saturated carbocycles. The number of hydrogen-bond acceptors (Lipinski definition) is 6. The van der Waals surface area contributed by atoms with Crippen LogP contribution < -0.4 is 5.32 Å². The molecule has 1 amide bonds. The topological polar surface area (TPSA) is 82.1 Å². The highest BCUT2D eigenvalue weighted by atomic mass is 16.5. The van der Waals surface area contributed by atoms with E-state index in [1.165, 1.54) is 0 Å². The van der Waals surface area contributed by atoms with E-state index < -0.39 is 0 Å². The minimum atomic E-state index is -0.216. The highest BCUT2D eigenvalue weighted by Crippen LogP contribution is 2.00. The Bertz CT molecular complexity index is 317. The molecule has 1 aliphatic heterocycles. The fourth-order valence-electron chi connectivity index (χ4n) is 2.27. The Morgan fingerprint density at radius 2 is 1.86 bits per heavy atom. The third kappa shape index (κ3) is 7.99. The number of rotatable bonds is 9. The molecular formula is C14H27N3O4. The van der Waals surface area contributed by atoms with Gasteiger partial charge in [0.15, 0.2) is 0 Å². The number of amides is 1. The van der Waals surface area contributed by atoms with Crippen LogP contribution in [0.5, 0.6) is 0 Å². The number of nitrogens with zero attached hydrogens (tertiary/aromatic N) is 2. The monoisotopic (exact) mass is 301 g/mol. The van der Waals surface area contributed by atoms with E-state index in [9.17, 15) is 9.59 Å². The lowest BCUT2D eigenvalue weighted by atomic mass is 10.3. The first-order valence-corrected chi connectivity index (χ1v) is 7.63. The molecule has 0 aromatic rings. The van der Waals surface area contributed by atoms with Crippen molar-refractivity contribution in [2.45, 2.75) is 19.8 Å². The van der Waals surface area contributed by atoms with Crippen molar-refractivity contribution in [3.05, 3.63) is 0 Å². The first-order valence-electron chi connectivity index (χ1n) is 7.63. The van der Waals surface area contributed by atoms with E-state index in [1.54, 1.807) is 6.92 Å². The van der Waals surface area contributed by atoms with Crippen LogP contribution in [0, 0.1) is 0 Å². The van der Waals surface area contributed by atoms with Crippen molar-refractivity contribution in [1.82, 2.24) is 15.1 Å². The molecule has 0 spiro atoms. The van der Waals surface area contributed by atoms with Crippen molar-refractivity contribution in [2.24, 2.45) is 0 Å². The number of β-amino-alcohol motifs (C(OH)–C–C–N with tert-alkyl or cyclic N) is 1. The molecule has 2 N–H and O–H groups in total. The van der Waals surface area contributed by atoms with Gasteiger partial charge in [-0.05, 0) is 13.3 Å². The average molecular weight is 301 g/mol. The van der Waals surface area contributed by atoms with Gasteiger partial charge in [-0.1, -0.05) is 0 Å². The molecule has 21 heavy (non-hydrogen) atoms. The lowest BCUT2D eigenvalue weighted by molar-refractivity contribution is -0.143. The molecule has 0 aromatic carbocycles. The van der Waals surface area contributed by atoms with Crippen LogP contribution in [-0.2, 0) is 14.3 Å². The summed E-state index contributed by atoms with van der Waals surface area (Å²) in [7, 11) is 0. The molecule has 122 valence electrons. The number of aliphatic hydroxyl groups is 1. The number of esters is 1. The number of ether oxygens (including phenoxy) is 1. The lowest BCUT2D eigenvalue weighted by Crippen LogP contribution is -2.50. The van der Waals surface area contributed by atoms with Gasteiger partial charge in [-0.2, -0.15) is 0 Å². The van der Waals surface area contributed by atoms with Crippen molar-refractivity contribution < 1.29 is 19.4 Å². The molecule has 7 heteroatoms. The zero-order valence-electron chi connectivity index (χ0n) is 12.8. The predicted octanol–water partition coefficient (Wildman–Crippen LogP) is -0.944. The summed E-state index contributed by atoms with van der Waals surface area (Å²) in [5, 5.41) is 11.7. The van der Waals surface area contributed by atoms with Gasteiger partial charge in [0.1, 0.15) is 0 Å². The van der Waals surface area contributed by atoms with E-state index in [0.717, 1.165) is 26.2 Å². The largest absolute Gasteiger partial charge is 0.466 e. The summed E-state index contributed by atoms with van der Waals surface area (Å²) >= 11 is 0. The maximum absolute atomic E-state index is 11.8. The van der Waals surface area contributed by atoms with Gasteiger partial charge < -0.3 is 15.2 Å². The molecule has 1 aliphatic rings. The van der Waals surface area contributed by atoms with Crippen molar-refractivity contribution in [2.75, 3.05) is 59.0 Å². The van der Waals surface area contributed by atoms with Gasteiger partial charge in [-0.25, -0.2) is 0 Å². The van der Waals surface area contributed by atoms with Gasteiger partial charge in [0.2, 0.25) is 5.91 Å². The molecule has 0 aliphatic carbocycles. The van der Waals surface area contributed by atoms with Crippen molar-refractivity contribution in [3.8, 4) is 0 Å². The van der Waals surface area contributed by atoms with E-state index in [0.29, 0.717) is 39.1 Å². The Morgan fingerprint density at radius 1 is 1.19 bits per heavy atom. The van der Waals surface area contributed by atoms with Crippen LogP contribution in [0.1, 0.15) is 19.8 Å². The fraction of sp³-hybridized carbons (Fsp3) is 0.857. The lowest BCUT2D eigenvalue weighted by Gasteiger charge is -2.33. The highest BCUT2D eigenvalue weighted by Gasteiger charge is 2.18. The maximum Gasteiger partial charge on any atom is 0.305 e. The molecular weight excluding hydrogens is 274 g/mol. The van der Waals surface area contributed by atoms with Crippen molar-refractivity contribution in [3.63, 3.8) is 0 Å². The Hall–Kier alpha value is -1.18. The van der Waals surface area contributed by atoms with Gasteiger partial charge in [0.25, 0.3) is 0 Å². The number of hydrogen-bond donors (Lipinski definition) is 2. The zero-order chi connectivity index (χ0) is 15.5. The fourth-order valence-corrected chi connectivity index (χ4v) is 2.27. The van der Waals surface area contributed by atoms with E-state index in [-0.39, 0.29) is 18.5 Å². The molecule has 0 atom stereocenters. The van der Waals surface area contributed by atoms with Crippen LogP contribution in [0.15, 0.2) is 0 Å². The minimum absolute atomic E-state index is 0.00512. The highest BCUT2D eigenvalue weighted by molar-refractivity contribution is 5.78. The summed E-state index contributed by atoms with van der Waals surface area (Å²) in [6.45, 7) is 7.41. The number of nitrogens with one attached hydrogen (secondary N) is 1. The molecule has 1 heterocycles. The van der Waals surface area contributed by atoms with Gasteiger partial charge in [0.05, 0.1) is 19.8 Å². The third-order valence-corrected chi connectivity index (χ3v) is 3.43. The number of carbonyl (C=O) groups is 2. The summed E-state index contributed by atoms with van der Waals surface area (Å²) in [5.41, 5.74) is 0. The standard InChI is InChI=1S/C14H27N3O4/c1-2-21-14(20)4-3-5-15-13(19)12-17-8-6-16(7-9-17)10-11-18/h18H,2-12H2,1H3,(H,15,19). The summed E-state index contributed by atoms with van der Waals surface area (Å²) in [6.07, 6.45) is 0.947. The Balaban J connectivity index is 2.05. The Morgan fingerprint density at radius 3 is 2.48 bits per heavy atom. The van der Waals surface area contributed by atoms with Crippen molar-refractivity contribution in [1.29, 1.82) is 0 Å². The molecule has 1 fully saturated rings. The Labute approximate surface area is 126 Å². The molecule has 0 unspecified atom stereocenters. The molecule has 1 rings (SSSR count). The number of aliphatic hydroxyl groups excluding tert-OH is 1. The van der Waals surface area contributed by atoms with Gasteiger partial charge in [-0.3, -0.25) is 19.4 Å². The SMILES string of the molecule is CCOC(=O)CCCNC(=O)CN1CCN(CCO)CC1.